The number of nitrogens with one attached hydrogen (secondary N) is 1. The van der Waals surface area contributed by atoms with Gasteiger partial charge in [-0.3, -0.25) is 4.79 Å². The number of benzene rings is 2. The predicted octanol–water partition coefficient (Wildman–Crippen LogP) is 3.87. The van der Waals surface area contributed by atoms with Crippen molar-refractivity contribution in [2.75, 3.05) is 18.9 Å². The van der Waals surface area contributed by atoms with Gasteiger partial charge in [0.15, 0.2) is 0 Å². The molecule has 0 radical (unpaired) electrons. The molecule has 5 nitrogen and oxygen atoms in total. The first kappa shape index (κ1) is 19.0. The molecule has 0 aliphatic rings. The molecular formula is C21H23N3O2S. The molecule has 1 amide bonds. The van der Waals surface area contributed by atoms with Gasteiger partial charge in [-0.25, -0.2) is 4.98 Å². The summed E-state index contributed by atoms with van der Waals surface area (Å²) in [7, 11) is 0. The molecule has 0 saturated heterocycles. The van der Waals surface area contributed by atoms with Gasteiger partial charge in [0.25, 0.3) is 5.91 Å². The SMILES string of the molecule is O=C(NCCCn1ccnc1)c1ccc(OCCSc2ccccc2)cc1. The highest BCUT2D eigenvalue weighted by molar-refractivity contribution is 7.99. The van der Waals surface area contributed by atoms with E-state index in [1.807, 2.05) is 41.1 Å². The molecule has 0 spiro atoms. The van der Waals surface area contributed by atoms with Gasteiger partial charge in [0.2, 0.25) is 0 Å². The Hall–Kier alpha value is -2.73. The van der Waals surface area contributed by atoms with Gasteiger partial charge in [-0.15, -0.1) is 11.8 Å². The third-order valence-electron chi connectivity index (χ3n) is 3.92. The lowest BCUT2D eigenvalue weighted by atomic mass is 10.2. The first-order chi connectivity index (χ1) is 13.3. The van der Waals surface area contributed by atoms with Crippen LogP contribution >= 0.6 is 11.8 Å². The van der Waals surface area contributed by atoms with Gasteiger partial charge in [0.1, 0.15) is 5.75 Å². The molecule has 2 aromatic carbocycles. The van der Waals surface area contributed by atoms with Gasteiger partial charge in [-0.05, 0) is 42.8 Å². The van der Waals surface area contributed by atoms with E-state index in [4.69, 9.17) is 4.74 Å². The highest BCUT2D eigenvalue weighted by Crippen LogP contribution is 2.18. The van der Waals surface area contributed by atoms with E-state index in [0.717, 1.165) is 24.5 Å². The number of thioether (sulfide) groups is 1. The Kier molecular flexibility index (Phi) is 7.35. The van der Waals surface area contributed by atoms with Crippen molar-refractivity contribution in [3.63, 3.8) is 0 Å². The topological polar surface area (TPSA) is 56.2 Å². The van der Waals surface area contributed by atoms with Crippen LogP contribution in [-0.2, 0) is 6.54 Å². The first-order valence-corrected chi connectivity index (χ1v) is 9.94. The van der Waals surface area contributed by atoms with E-state index in [1.165, 1.54) is 4.90 Å². The number of rotatable bonds is 10. The molecule has 3 rings (SSSR count). The molecule has 0 atom stereocenters. The maximum absolute atomic E-state index is 12.2. The monoisotopic (exact) mass is 381 g/mol. The number of aryl methyl sites for hydroxylation is 1. The molecule has 0 unspecified atom stereocenters. The molecule has 27 heavy (non-hydrogen) atoms. The maximum atomic E-state index is 12.2. The van der Waals surface area contributed by atoms with E-state index in [-0.39, 0.29) is 5.91 Å². The van der Waals surface area contributed by atoms with E-state index < -0.39 is 0 Å². The molecule has 0 aliphatic heterocycles. The number of hydrogen-bond acceptors (Lipinski definition) is 4. The Labute approximate surface area is 163 Å². The van der Waals surface area contributed by atoms with Crippen LogP contribution < -0.4 is 10.1 Å². The van der Waals surface area contributed by atoms with Crippen molar-refractivity contribution in [2.24, 2.45) is 0 Å². The van der Waals surface area contributed by atoms with Crippen LogP contribution in [0.3, 0.4) is 0 Å². The lowest BCUT2D eigenvalue weighted by Crippen LogP contribution is -2.25. The Morgan fingerprint density at radius 3 is 2.67 bits per heavy atom. The van der Waals surface area contributed by atoms with Gasteiger partial charge < -0.3 is 14.6 Å². The second-order valence-electron chi connectivity index (χ2n) is 5.94. The predicted molar refractivity (Wildman–Crippen MR) is 108 cm³/mol. The number of ether oxygens (including phenoxy) is 1. The fourth-order valence-electron chi connectivity index (χ4n) is 2.52. The fraction of sp³-hybridized carbons (Fsp3) is 0.238. The van der Waals surface area contributed by atoms with Gasteiger partial charge in [0, 0.05) is 41.7 Å². The van der Waals surface area contributed by atoms with Crippen LogP contribution in [0.5, 0.6) is 5.75 Å². The van der Waals surface area contributed by atoms with E-state index in [2.05, 4.69) is 22.4 Å². The average Bonchev–Trinajstić information content (AvgIpc) is 3.23. The summed E-state index contributed by atoms with van der Waals surface area (Å²) in [4.78, 5) is 17.4. The molecule has 0 bridgehead atoms. The minimum Gasteiger partial charge on any atom is -0.493 e. The van der Waals surface area contributed by atoms with Crippen molar-refractivity contribution >= 4 is 17.7 Å². The van der Waals surface area contributed by atoms with Crippen LogP contribution in [0, 0.1) is 0 Å². The first-order valence-electron chi connectivity index (χ1n) is 8.96. The van der Waals surface area contributed by atoms with E-state index in [0.29, 0.717) is 18.7 Å². The highest BCUT2D eigenvalue weighted by atomic mass is 32.2. The fourth-order valence-corrected chi connectivity index (χ4v) is 3.27. The Morgan fingerprint density at radius 2 is 1.93 bits per heavy atom. The number of amides is 1. The number of hydrogen-bond donors (Lipinski definition) is 1. The molecule has 0 saturated carbocycles. The van der Waals surface area contributed by atoms with Crippen molar-refractivity contribution in [3.05, 3.63) is 78.9 Å². The Morgan fingerprint density at radius 1 is 1.11 bits per heavy atom. The lowest BCUT2D eigenvalue weighted by Gasteiger charge is -2.08. The Bertz CT molecular complexity index is 805. The summed E-state index contributed by atoms with van der Waals surface area (Å²) in [5.41, 5.74) is 0.642. The zero-order valence-electron chi connectivity index (χ0n) is 15.1. The molecule has 0 fully saturated rings. The van der Waals surface area contributed by atoms with Gasteiger partial charge in [-0.1, -0.05) is 18.2 Å². The molecule has 0 aliphatic carbocycles. The lowest BCUT2D eigenvalue weighted by molar-refractivity contribution is 0.0952. The van der Waals surface area contributed by atoms with Gasteiger partial charge >= 0.3 is 0 Å². The van der Waals surface area contributed by atoms with Crippen molar-refractivity contribution in [3.8, 4) is 5.75 Å². The summed E-state index contributed by atoms with van der Waals surface area (Å²) in [6, 6.07) is 17.5. The number of aromatic nitrogens is 2. The minimum atomic E-state index is -0.0631. The zero-order valence-corrected chi connectivity index (χ0v) is 15.9. The smallest absolute Gasteiger partial charge is 0.251 e. The highest BCUT2D eigenvalue weighted by Gasteiger charge is 2.05. The second kappa shape index (κ2) is 10.4. The number of nitrogens with zero attached hydrogens (tertiary/aromatic N) is 2. The molecule has 140 valence electrons. The number of imidazole rings is 1. The molecule has 1 aromatic heterocycles. The number of carbonyl (C=O) groups excluding carboxylic acids is 1. The summed E-state index contributed by atoms with van der Waals surface area (Å²) >= 11 is 1.76. The Balaban J connectivity index is 1.34. The van der Waals surface area contributed by atoms with Gasteiger partial charge in [-0.2, -0.15) is 0 Å². The van der Waals surface area contributed by atoms with Crippen LogP contribution in [0.15, 0.2) is 78.2 Å². The average molecular weight is 382 g/mol. The molecular weight excluding hydrogens is 358 g/mol. The van der Waals surface area contributed by atoms with Crippen molar-refractivity contribution in [1.29, 1.82) is 0 Å². The molecule has 1 N–H and O–H groups in total. The minimum absolute atomic E-state index is 0.0631. The summed E-state index contributed by atoms with van der Waals surface area (Å²) in [6.07, 6.45) is 6.31. The largest absolute Gasteiger partial charge is 0.493 e. The summed E-state index contributed by atoms with van der Waals surface area (Å²) in [5.74, 6) is 1.59. The van der Waals surface area contributed by atoms with Crippen molar-refractivity contribution in [2.45, 2.75) is 17.9 Å². The third-order valence-corrected chi connectivity index (χ3v) is 4.89. The quantitative estimate of drug-likeness (QED) is 0.428. The zero-order chi connectivity index (χ0) is 18.7. The van der Waals surface area contributed by atoms with Crippen LogP contribution in [0.4, 0.5) is 0 Å². The maximum Gasteiger partial charge on any atom is 0.251 e. The summed E-state index contributed by atoms with van der Waals surface area (Å²) in [6.45, 7) is 2.10. The van der Waals surface area contributed by atoms with Crippen LogP contribution in [0.2, 0.25) is 0 Å². The van der Waals surface area contributed by atoms with E-state index in [9.17, 15) is 4.79 Å². The van der Waals surface area contributed by atoms with Gasteiger partial charge in [0.05, 0.1) is 12.9 Å². The molecule has 3 aromatic rings. The standard InChI is InChI=1S/C21H23N3O2S/c25-21(23-11-4-13-24-14-12-22-17-24)18-7-9-19(10-8-18)26-15-16-27-20-5-2-1-3-6-20/h1-3,5-10,12,14,17H,4,11,13,15-16H2,(H,23,25). The summed E-state index contributed by atoms with van der Waals surface area (Å²) < 4.78 is 7.74. The second-order valence-corrected chi connectivity index (χ2v) is 7.11. The van der Waals surface area contributed by atoms with Crippen molar-refractivity contribution in [1.82, 2.24) is 14.9 Å². The van der Waals surface area contributed by atoms with Crippen LogP contribution in [0.25, 0.3) is 0 Å². The number of carbonyl (C=O) groups is 1. The van der Waals surface area contributed by atoms with Crippen LogP contribution in [0.1, 0.15) is 16.8 Å². The molecule has 1 heterocycles. The summed E-state index contributed by atoms with van der Waals surface area (Å²) in [5, 5.41) is 2.93. The van der Waals surface area contributed by atoms with E-state index >= 15 is 0 Å². The van der Waals surface area contributed by atoms with E-state index in [1.54, 1.807) is 36.4 Å². The molecule has 6 heteroatoms. The van der Waals surface area contributed by atoms with Crippen molar-refractivity contribution < 1.29 is 9.53 Å². The normalized spacial score (nSPS) is 10.5. The van der Waals surface area contributed by atoms with Crippen LogP contribution in [-0.4, -0.2) is 34.4 Å². The third kappa shape index (κ3) is 6.49.